The van der Waals surface area contributed by atoms with Gasteiger partial charge in [-0.05, 0) is 77.6 Å². The van der Waals surface area contributed by atoms with Crippen molar-refractivity contribution in [2.75, 3.05) is 13.1 Å². The fraction of sp³-hybridized carbons (Fsp3) is 0.793. The van der Waals surface area contributed by atoms with Crippen LogP contribution in [0.1, 0.15) is 107 Å². The first-order valence-corrected chi connectivity index (χ1v) is 13.8. The molecule has 0 aromatic carbocycles. The number of carbonyl (C=O) groups excluding carboxylic acids is 4. The summed E-state index contributed by atoms with van der Waals surface area (Å²) in [4.78, 5) is 51.5. The highest BCUT2D eigenvalue weighted by molar-refractivity contribution is 5.94. The van der Waals surface area contributed by atoms with Gasteiger partial charge in [-0.25, -0.2) is 14.4 Å². The van der Waals surface area contributed by atoms with E-state index in [0.717, 1.165) is 32.1 Å². The molecule has 2 atom stereocenters. The number of nitrogens with one attached hydrogen (secondary N) is 2. The lowest BCUT2D eigenvalue weighted by molar-refractivity contribution is -0.156. The Morgan fingerprint density at radius 3 is 2.29 bits per heavy atom. The standard InChI is InChI=1S/C29H49N3O6/c1-20(2)23(34)37-27(5,6)18-28(7,8)38-25(36)30-19-29(9)16-21(15-26(3,4)17-29)31-24(35)32-14-12-10-11-13-22(32)33/h21H,1,10-19H2,2-9H3,(H,30,36)(H,31,35). The third-order valence-corrected chi connectivity index (χ3v) is 7.19. The van der Waals surface area contributed by atoms with E-state index < -0.39 is 23.3 Å². The van der Waals surface area contributed by atoms with Crippen LogP contribution in [0.15, 0.2) is 12.2 Å². The van der Waals surface area contributed by atoms with Crippen molar-refractivity contribution in [3.05, 3.63) is 12.2 Å². The molecule has 9 nitrogen and oxygen atoms in total. The van der Waals surface area contributed by atoms with Crippen LogP contribution >= 0.6 is 0 Å². The maximum Gasteiger partial charge on any atom is 0.407 e. The highest BCUT2D eigenvalue weighted by atomic mass is 16.6. The molecule has 2 rings (SSSR count). The van der Waals surface area contributed by atoms with Crippen molar-refractivity contribution in [1.29, 1.82) is 0 Å². The Morgan fingerprint density at radius 1 is 1.03 bits per heavy atom. The van der Waals surface area contributed by atoms with Gasteiger partial charge in [0, 0.05) is 37.5 Å². The Balaban J connectivity index is 1.96. The van der Waals surface area contributed by atoms with Crippen molar-refractivity contribution >= 4 is 24.0 Å². The fourth-order valence-electron chi connectivity index (χ4n) is 6.33. The van der Waals surface area contributed by atoms with Crippen molar-refractivity contribution in [3.8, 4) is 0 Å². The van der Waals surface area contributed by atoms with E-state index in [1.807, 2.05) is 0 Å². The van der Waals surface area contributed by atoms with Crippen molar-refractivity contribution < 1.29 is 28.7 Å². The smallest absolute Gasteiger partial charge is 0.407 e. The van der Waals surface area contributed by atoms with E-state index in [4.69, 9.17) is 9.47 Å². The summed E-state index contributed by atoms with van der Waals surface area (Å²) in [5, 5.41) is 6.03. The summed E-state index contributed by atoms with van der Waals surface area (Å²) >= 11 is 0. The highest BCUT2D eigenvalue weighted by Gasteiger charge is 2.43. The number of ether oxygens (including phenoxy) is 2. The van der Waals surface area contributed by atoms with Crippen LogP contribution in [-0.4, -0.2) is 59.2 Å². The summed E-state index contributed by atoms with van der Waals surface area (Å²) in [5.41, 5.74) is -1.76. The number of amides is 4. The van der Waals surface area contributed by atoms with E-state index in [0.29, 0.717) is 37.9 Å². The van der Waals surface area contributed by atoms with Crippen LogP contribution in [0.25, 0.3) is 0 Å². The van der Waals surface area contributed by atoms with Gasteiger partial charge >= 0.3 is 18.1 Å². The quantitative estimate of drug-likeness (QED) is 0.314. The van der Waals surface area contributed by atoms with Crippen molar-refractivity contribution in [3.63, 3.8) is 0 Å². The molecule has 0 bridgehead atoms. The van der Waals surface area contributed by atoms with Gasteiger partial charge in [-0.2, -0.15) is 0 Å². The van der Waals surface area contributed by atoms with Gasteiger partial charge in [0.05, 0.1) is 0 Å². The van der Waals surface area contributed by atoms with Gasteiger partial charge in [-0.15, -0.1) is 0 Å². The molecule has 4 amide bonds. The second-order valence-electron chi connectivity index (χ2n) is 13.7. The lowest BCUT2D eigenvalue weighted by Gasteiger charge is -2.47. The number of urea groups is 1. The van der Waals surface area contributed by atoms with E-state index >= 15 is 0 Å². The van der Waals surface area contributed by atoms with Crippen LogP contribution in [0.2, 0.25) is 0 Å². The van der Waals surface area contributed by atoms with Gasteiger partial charge in [0.15, 0.2) is 0 Å². The molecule has 1 saturated heterocycles. The number of hydrogen-bond donors (Lipinski definition) is 2. The summed E-state index contributed by atoms with van der Waals surface area (Å²) in [6.45, 7) is 19.6. The number of hydrogen-bond acceptors (Lipinski definition) is 6. The van der Waals surface area contributed by atoms with Crippen molar-refractivity contribution in [2.24, 2.45) is 10.8 Å². The number of esters is 1. The molecule has 0 radical (unpaired) electrons. The molecule has 1 aliphatic carbocycles. The van der Waals surface area contributed by atoms with Crippen molar-refractivity contribution in [1.82, 2.24) is 15.5 Å². The highest BCUT2D eigenvalue weighted by Crippen LogP contribution is 2.46. The molecular formula is C29H49N3O6. The van der Waals surface area contributed by atoms with Crippen LogP contribution in [-0.2, 0) is 19.1 Å². The van der Waals surface area contributed by atoms with Gasteiger partial charge in [-0.1, -0.05) is 33.8 Å². The third kappa shape index (κ3) is 9.95. The fourth-order valence-corrected chi connectivity index (χ4v) is 6.33. The average Bonchev–Trinajstić information content (AvgIpc) is 2.93. The predicted octanol–water partition coefficient (Wildman–Crippen LogP) is 5.48. The van der Waals surface area contributed by atoms with Crippen LogP contribution < -0.4 is 10.6 Å². The number of imide groups is 1. The molecule has 1 heterocycles. The molecular weight excluding hydrogens is 486 g/mol. The average molecular weight is 536 g/mol. The molecule has 216 valence electrons. The summed E-state index contributed by atoms with van der Waals surface area (Å²) in [5.74, 6) is -0.590. The SMILES string of the molecule is C=C(C)C(=O)OC(C)(C)CC(C)(C)OC(=O)NCC1(C)CC(NC(=O)N2CCCCCC2=O)CC(C)(C)C1. The van der Waals surface area contributed by atoms with Gasteiger partial charge in [-0.3, -0.25) is 9.69 Å². The van der Waals surface area contributed by atoms with E-state index in [-0.39, 0.29) is 28.8 Å². The molecule has 1 saturated carbocycles. The van der Waals surface area contributed by atoms with Gasteiger partial charge in [0.25, 0.3) is 0 Å². The Kier molecular flexibility index (Phi) is 10.1. The van der Waals surface area contributed by atoms with Crippen LogP contribution in [0.4, 0.5) is 9.59 Å². The maximum absolute atomic E-state index is 13.0. The number of rotatable bonds is 8. The minimum absolute atomic E-state index is 0.0597. The molecule has 38 heavy (non-hydrogen) atoms. The number of nitrogens with zero attached hydrogens (tertiary/aromatic N) is 1. The maximum atomic E-state index is 13.0. The normalized spacial score (nSPS) is 24.2. The van der Waals surface area contributed by atoms with Gasteiger partial charge in [0.2, 0.25) is 5.91 Å². The summed E-state index contributed by atoms with van der Waals surface area (Å²) in [6.07, 6.45) is 5.14. The lowest BCUT2D eigenvalue weighted by Crippen LogP contribution is -2.54. The minimum Gasteiger partial charge on any atom is -0.456 e. The topological polar surface area (TPSA) is 114 Å². The lowest BCUT2D eigenvalue weighted by atomic mass is 9.62. The summed E-state index contributed by atoms with van der Waals surface area (Å²) < 4.78 is 11.2. The van der Waals surface area contributed by atoms with E-state index in [1.54, 1.807) is 34.6 Å². The molecule has 2 aliphatic rings. The first-order chi connectivity index (χ1) is 17.3. The van der Waals surface area contributed by atoms with Gasteiger partial charge < -0.3 is 20.1 Å². The number of carbonyl (C=O) groups is 4. The Hall–Kier alpha value is -2.58. The predicted molar refractivity (Wildman–Crippen MR) is 146 cm³/mol. The summed E-state index contributed by atoms with van der Waals surface area (Å²) in [6, 6.07) is -0.420. The Labute approximate surface area is 228 Å². The third-order valence-electron chi connectivity index (χ3n) is 7.19. The number of alkyl carbamates (subject to hydrolysis) is 1. The minimum atomic E-state index is -0.883. The molecule has 2 unspecified atom stereocenters. The Bertz CT molecular complexity index is 925. The van der Waals surface area contributed by atoms with E-state index in [9.17, 15) is 19.2 Å². The zero-order valence-corrected chi connectivity index (χ0v) is 24.8. The largest absolute Gasteiger partial charge is 0.456 e. The molecule has 0 spiro atoms. The molecule has 0 aromatic rings. The van der Waals surface area contributed by atoms with Crippen LogP contribution in [0.3, 0.4) is 0 Å². The first-order valence-electron chi connectivity index (χ1n) is 13.8. The molecule has 2 N–H and O–H groups in total. The molecule has 9 heteroatoms. The monoisotopic (exact) mass is 535 g/mol. The molecule has 0 aromatic heterocycles. The number of likely N-dealkylation sites (tertiary alicyclic amines) is 1. The van der Waals surface area contributed by atoms with E-state index in [2.05, 4.69) is 38.0 Å². The van der Waals surface area contributed by atoms with Crippen LogP contribution in [0.5, 0.6) is 0 Å². The van der Waals surface area contributed by atoms with Crippen LogP contribution in [0, 0.1) is 10.8 Å². The zero-order chi connectivity index (χ0) is 28.9. The Morgan fingerprint density at radius 2 is 1.66 bits per heavy atom. The molecule has 1 aliphatic heterocycles. The zero-order valence-electron chi connectivity index (χ0n) is 24.8. The van der Waals surface area contributed by atoms with Crippen molar-refractivity contribution in [2.45, 2.75) is 124 Å². The second-order valence-corrected chi connectivity index (χ2v) is 13.7. The van der Waals surface area contributed by atoms with E-state index in [1.165, 1.54) is 4.90 Å². The van der Waals surface area contributed by atoms with Gasteiger partial charge in [0.1, 0.15) is 11.2 Å². The second kappa shape index (κ2) is 12.1. The first kappa shape index (κ1) is 31.6. The molecule has 2 fully saturated rings. The summed E-state index contributed by atoms with van der Waals surface area (Å²) in [7, 11) is 0.